The zero-order valence-corrected chi connectivity index (χ0v) is 9.29. The lowest BCUT2D eigenvalue weighted by atomic mass is 10.2. The Kier molecular flexibility index (Phi) is 7.23. The summed E-state index contributed by atoms with van der Waals surface area (Å²) in [6.07, 6.45) is 1.69. The molecule has 3 nitrogen and oxygen atoms in total. The van der Waals surface area contributed by atoms with Gasteiger partial charge in [0, 0.05) is 26.3 Å². The highest BCUT2D eigenvalue weighted by molar-refractivity contribution is 4.63. The van der Waals surface area contributed by atoms with Crippen molar-refractivity contribution in [3.8, 4) is 0 Å². The Labute approximate surface area is 81.7 Å². The molecule has 0 amide bonds. The molecule has 0 spiro atoms. The zero-order chi connectivity index (χ0) is 10.3. The monoisotopic (exact) mass is 189 g/mol. The van der Waals surface area contributed by atoms with Gasteiger partial charge < -0.3 is 14.7 Å². The van der Waals surface area contributed by atoms with Gasteiger partial charge in [0.1, 0.15) is 0 Å². The molecule has 0 fully saturated rings. The first-order chi connectivity index (χ1) is 6.07. The number of rotatable bonds is 7. The van der Waals surface area contributed by atoms with Crippen LogP contribution in [0.2, 0.25) is 0 Å². The fourth-order valence-electron chi connectivity index (χ4n) is 1.12. The lowest BCUT2D eigenvalue weighted by Gasteiger charge is -2.24. The topological polar surface area (TPSA) is 32.7 Å². The van der Waals surface area contributed by atoms with Crippen molar-refractivity contribution in [2.75, 3.05) is 27.3 Å². The molecule has 80 valence electrons. The van der Waals surface area contributed by atoms with E-state index in [4.69, 9.17) is 9.84 Å². The molecule has 0 aromatic rings. The molecule has 0 aliphatic heterocycles. The van der Waals surface area contributed by atoms with Gasteiger partial charge in [-0.1, -0.05) is 0 Å². The fraction of sp³-hybridized carbons (Fsp3) is 1.00. The van der Waals surface area contributed by atoms with Gasteiger partial charge in [0.2, 0.25) is 0 Å². The normalized spacial score (nSPS) is 16.2. The van der Waals surface area contributed by atoms with Gasteiger partial charge in [-0.15, -0.1) is 0 Å². The number of ether oxygens (including phenoxy) is 1. The maximum Gasteiger partial charge on any atom is 0.0524 e. The molecule has 0 saturated heterocycles. The van der Waals surface area contributed by atoms with Crippen molar-refractivity contribution in [1.82, 2.24) is 4.90 Å². The quantitative estimate of drug-likeness (QED) is 0.651. The number of hydrogen-bond donors (Lipinski definition) is 1. The largest absolute Gasteiger partial charge is 0.393 e. The van der Waals surface area contributed by atoms with Gasteiger partial charge in [0.25, 0.3) is 0 Å². The summed E-state index contributed by atoms with van der Waals surface area (Å²) in [6.45, 7) is 5.76. The zero-order valence-electron chi connectivity index (χ0n) is 9.29. The van der Waals surface area contributed by atoms with Crippen LogP contribution in [-0.4, -0.2) is 49.5 Å². The minimum Gasteiger partial charge on any atom is -0.393 e. The average molecular weight is 189 g/mol. The Bertz CT molecular complexity index is 117. The molecule has 0 saturated carbocycles. The van der Waals surface area contributed by atoms with Gasteiger partial charge in [-0.3, -0.25) is 0 Å². The SMILES string of the molecule is COCCC(C)N(C)CCC(C)O. The van der Waals surface area contributed by atoms with Gasteiger partial charge in [-0.05, 0) is 33.7 Å². The Hall–Kier alpha value is -0.120. The Morgan fingerprint density at radius 2 is 1.92 bits per heavy atom. The summed E-state index contributed by atoms with van der Waals surface area (Å²) in [6, 6.07) is 0.527. The predicted octanol–water partition coefficient (Wildman–Crippen LogP) is 1.11. The molecule has 0 rings (SSSR count). The summed E-state index contributed by atoms with van der Waals surface area (Å²) in [4.78, 5) is 2.26. The van der Waals surface area contributed by atoms with Crippen LogP contribution in [0.4, 0.5) is 0 Å². The lowest BCUT2D eigenvalue weighted by molar-refractivity contribution is 0.129. The van der Waals surface area contributed by atoms with Crippen LogP contribution in [0.5, 0.6) is 0 Å². The van der Waals surface area contributed by atoms with E-state index in [0.29, 0.717) is 6.04 Å². The molecule has 0 aromatic carbocycles. The molecule has 13 heavy (non-hydrogen) atoms. The summed E-state index contributed by atoms with van der Waals surface area (Å²) >= 11 is 0. The molecule has 3 heteroatoms. The van der Waals surface area contributed by atoms with Gasteiger partial charge in [-0.2, -0.15) is 0 Å². The Balaban J connectivity index is 3.50. The van der Waals surface area contributed by atoms with Crippen LogP contribution in [0.1, 0.15) is 26.7 Å². The molecule has 0 heterocycles. The summed E-state index contributed by atoms with van der Waals surface area (Å²) in [5, 5.41) is 9.11. The van der Waals surface area contributed by atoms with Crippen LogP contribution in [0, 0.1) is 0 Å². The maximum atomic E-state index is 9.11. The minimum atomic E-state index is -0.197. The Morgan fingerprint density at radius 1 is 1.31 bits per heavy atom. The second kappa shape index (κ2) is 7.30. The average Bonchev–Trinajstić information content (AvgIpc) is 2.10. The van der Waals surface area contributed by atoms with E-state index in [9.17, 15) is 0 Å². The molecule has 0 bridgehead atoms. The number of hydrogen-bond acceptors (Lipinski definition) is 3. The molecular weight excluding hydrogens is 166 g/mol. The van der Waals surface area contributed by atoms with Crippen LogP contribution in [-0.2, 0) is 4.74 Å². The molecule has 1 N–H and O–H groups in total. The van der Waals surface area contributed by atoms with E-state index in [0.717, 1.165) is 26.0 Å². The first-order valence-electron chi connectivity index (χ1n) is 4.95. The van der Waals surface area contributed by atoms with E-state index >= 15 is 0 Å². The maximum absolute atomic E-state index is 9.11. The second-order valence-corrected chi connectivity index (χ2v) is 3.75. The third-order valence-corrected chi connectivity index (χ3v) is 2.39. The van der Waals surface area contributed by atoms with Crippen molar-refractivity contribution in [3.05, 3.63) is 0 Å². The number of aliphatic hydroxyl groups excluding tert-OH is 1. The number of methoxy groups -OCH3 is 1. The minimum absolute atomic E-state index is 0.197. The lowest BCUT2D eigenvalue weighted by Crippen LogP contribution is -2.32. The summed E-state index contributed by atoms with van der Waals surface area (Å²) in [5.41, 5.74) is 0. The number of aliphatic hydroxyl groups is 1. The highest BCUT2D eigenvalue weighted by atomic mass is 16.5. The highest BCUT2D eigenvalue weighted by Gasteiger charge is 2.08. The standard InChI is InChI=1S/C10H23NO2/c1-9(6-8-13-4)11(3)7-5-10(2)12/h9-10,12H,5-8H2,1-4H3. The van der Waals surface area contributed by atoms with Crippen molar-refractivity contribution in [3.63, 3.8) is 0 Å². The van der Waals surface area contributed by atoms with Crippen molar-refractivity contribution in [2.24, 2.45) is 0 Å². The fourth-order valence-corrected chi connectivity index (χ4v) is 1.12. The molecule has 0 aliphatic carbocycles. The van der Waals surface area contributed by atoms with Crippen LogP contribution in [0.3, 0.4) is 0 Å². The van der Waals surface area contributed by atoms with Crippen LogP contribution in [0.25, 0.3) is 0 Å². The first-order valence-corrected chi connectivity index (χ1v) is 4.95. The molecule has 2 unspecified atom stereocenters. The predicted molar refractivity (Wildman–Crippen MR) is 54.9 cm³/mol. The van der Waals surface area contributed by atoms with Crippen LogP contribution < -0.4 is 0 Å². The van der Waals surface area contributed by atoms with Crippen molar-refractivity contribution in [2.45, 2.75) is 38.8 Å². The van der Waals surface area contributed by atoms with Gasteiger partial charge >= 0.3 is 0 Å². The van der Waals surface area contributed by atoms with E-state index < -0.39 is 0 Å². The number of nitrogens with zero attached hydrogens (tertiary/aromatic N) is 1. The van der Waals surface area contributed by atoms with Crippen molar-refractivity contribution >= 4 is 0 Å². The molecule has 2 atom stereocenters. The highest BCUT2D eigenvalue weighted by Crippen LogP contribution is 2.03. The van der Waals surface area contributed by atoms with Crippen LogP contribution in [0.15, 0.2) is 0 Å². The van der Waals surface area contributed by atoms with Gasteiger partial charge in [-0.25, -0.2) is 0 Å². The first kappa shape index (κ1) is 12.9. The molecular formula is C10H23NO2. The van der Waals surface area contributed by atoms with Crippen LogP contribution >= 0.6 is 0 Å². The van der Waals surface area contributed by atoms with E-state index in [1.54, 1.807) is 7.11 Å². The van der Waals surface area contributed by atoms with Gasteiger partial charge in [0.05, 0.1) is 6.10 Å². The smallest absolute Gasteiger partial charge is 0.0524 e. The van der Waals surface area contributed by atoms with E-state index in [1.807, 2.05) is 6.92 Å². The van der Waals surface area contributed by atoms with E-state index in [1.165, 1.54) is 0 Å². The Morgan fingerprint density at radius 3 is 2.38 bits per heavy atom. The third kappa shape index (κ3) is 6.99. The van der Waals surface area contributed by atoms with Crippen molar-refractivity contribution < 1.29 is 9.84 Å². The molecule has 0 aromatic heterocycles. The molecule has 0 radical (unpaired) electrons. The summed E-state index contributed by atoms with van der Waals surface area (Å²) < 4.78 is 5.01. The summed E-state index contributed by atoms with van der Waals surface area (Å²) in [5.74, 6) is 0. The van der Waals surface area contributed by atoms with E-state index in [2.05, 4.69) is 18.9 Å². The van der Waals surface area contributed by atoms with Gasteiger partial charge in [0.15, 0.2) is 0 Å². The molecule has 0 aliphatic rings. The van der Waals surface area contributed by atoms with E-state index in [-0.39, 0.29) is 6.10 Å². The second-order valence-electron chi connectivity index (χ2n) is 3.75. The summed E-state index contributed by atoms with van der Waals surface area (Å²) in [7, 11) is 3.81. The van der Waals surface area contributed by atoms with Crippen molar-refractivity contribution in [1.29, 1.82) is 0 Å². The third-order valence-electron chi connectivity index (χ3n) is 2.39.